The molecule has 0 N–H and O–H groups in total. The molecule has 5 nitrogen and oxygen atoms in total. The first-order chi connectivity index (χ1) is 11.9. The van der Waals surface area contributed by atoms with Crippen molar-refractivity contribution in [2.24, 2.45) is 5.92 Å². The molecule has 1 aromatic carbocycles. The molecule has 1 saturated heterocycles. The minimum atomic E-state index is -3.87. The molecular formula is C17H21F2N3O2S. The Labute approximate surface area is 146 Å². The number of nitrogens with zero attached hydrogens (tertiary/aromatic N) is 3. The summed E-state index contributed by atoms with van der Waals surface area (Å²) in [4.78, 5) is 3.97. The second-order valence-corrected chi connectivity index (χ2v) is 8.24. The van der Waals surface area contributed by atoms with Gasteiger partial charge in [-0.15, -0.1) is 0 Å². The predicted molar refractivity (Wildman–Crippen MR) is 89.4 cm³/mol. The fourth-order valence-corrected chi connectivity index (χ4v) is 4.77. The largest absolute Gasteiger partial charge is 0.335 e. The Balaban J connectivity index is 1.67. The Morgan fingerprint density at radius 3 is 2.40 bits per heavy atom. The monoisotopic (exact) mass is 369 g/mol. The van der Waals surface area contributed by atoms with Gasteiger partial charge in [0.25, 0.3) is 0 Å². The van der Waals surface area contributed by atoms with Gasteiger partial charge < -0.3 is 4.57 Å². The van der Waals surface area contributed by atoms with E-state index in [9.17, 15) is 17.2 Å². The molecule has 8 heteroatoms. The summed E-state index contributed by atoms with van der Waals surface area (Å²) >= 11 is 0. The molecule has 0 radical (unpaired) electrons. The average Bonchev–Trinajstić information content (AvgIpc) is 3.01. The number of aryl methyl sites for hydroxylation is 1. The summed E-state index contributed by atoms with van der Waals surface area (Å²) < 4.78 is 55.3. The van der Waals surface area contributed by atoms with Crippen molar-refractivity contribution in [2.45, 2.75) is 37.6 Å². The SMILES string of the molecule is CCc1nccn1CC1CCN(S(=O)(=O)c2cc(F)cc(F)c2)CC1. The van der Waals surface area contributed by atoms with Gasteiger partial charge in [0, 0.05) is 44.5 Å². The highest BCUT2D eigenvalue weighted by Gasteiger charge is 2.30. The van der Waals surface area contributed by atoms with Crippen molar-refractivity contribution in [2.75, 3.05) is 13.1 Å². The van der Waals surface area contributed by atoms with Gasteiger partial charge in [-0.25, -0.2) is 22.2 Å². The first-order valence-corrected chi connectivity index (χ1v) is 9.80. The minimum absolute atomic E-state index is 0.327. The van der Waals surface area contributed by atoms with Crippen LogP contribution in [0.5, 0.6) is 0 Å². The molecule has 25 heavy (non-hydrogen) atoms. The van der Waals surface area contributed by atoms with E-state index in [2.05, 4.69) is 9.55 Å². The predicted octanol–water partition coefficient (Wildman–Crippen LogP) is 2.82. The standard InChI is InChI=1S/C17H21F2N3O2S/c1-2-17-20-5-8-21(17)12-13-3-6-22(7-4-13)25(23,24)16-10-14(18)9-15(19)11-16/h5,8-11,13H,2-4,6-7,12H2,1H3. The Morgan fingerprint density at radius 2 is 1.80 bits per heavy atom. The third-order valence-corrected chi connectivity index (χ3v) is 6.50. The van der Waals surface area contributed by atoms with Crippen LogP contribution in [-0.2, 0) is 23.0 Å². The van der Waals surface area contributed by atoms with Crippen molar-refractivity contribution < 1.29 is 17.2 Å². The van der Waals surface area contributed by atoms with Gasteiger partial charge in [0.1, 0.15) is 17.5 Å². The summed E-state index contributed by atoms with van der Waals surface area (Å²) in [5.74, 6) is -0.401. The van der Waals surface area contributed by atoms with E-state index in [1.165, 1.54) is 4.31 Å². The third-order valence-electron chi connectivity index (χ3n) is 4.62. The number of halogens is 2. The van der Waals surface area contributed by atoms with Gasteiger partial charge in [-0.1, -0.05) is 6.92 Å². The van der Waals surface area contributed by atoms with E-state index in [4.69, 9.17) is 0 Å². The van der Waals surface area contributed by atoms with E-state index in [0.717, 1.165) is 30.9 Å². The molecule has 0 bridgehead atoms. The number of sulfonamides is 1. The summed E-state index contributed by atoms with van der Waals surface area (Å²) in [5.41, 5.74) is 0. The van der Waals surface area contributed by atoms with Gasteiger partial charge in [0.05, 0.1) is 4.90 Å². The molecule has 2 aromatic rings. The zero-order chi connectivity index (χ0) is 18.0. The van der Waals surface area contributed by atoms with Crippen molar-refractivity contribution in [1.29, 1.82) is 0 Å². The molecule has 1 aliphatic heterocycles. The second-order valence-electron chi connectivity index (χ2n) is 6.30. The van der Waals surface area contributed by atoms with E-state index in [-0.39, 0.29) is 4.90 Å². The average molecular weight is 369 g/mol. The number of benzene rings is 1. The van der Waals surface area contributed by atoms with Crippen LogP contribution in [0.15, 0.2) is 35.5 Å². The van der Waals surface area contributed by atoms with E-state index in [1.54, 1.807) is 6.20 Å². The molecule has 0 unspecified atom stereocenters. The number of piperidine rings is 1. The fourth-order valence-electron chi connectivity index (χ4n) is 3.26. The maximum absolute atomic E-state index is 13.3. The van der Waals surface area contributed by atoms with Gasteiger partial charge in [-0.2, -0.15) is 4.31 Å². The first kappa shape index (κ1) is 18.0. The lowest BCUT2D eigenvalue weighted by molar-refractivity contribution is 0.251. The van der Waals surface area contributed by atoms with Crippen LogP contribution in [0.1, 0.15) is 25.6 Å². The van der Waals surface area contributed by atoms with Gasteiger partial charge in [0.15, 0.2) is 0 Å². The zero-order valence-electron chi connectivity index (χ0n) is 14.0. The van der Waals surface area contributed by atoms with Crippen LogP contribution in [-0.4, -0.2) is 35.4 Å². The number of aromatic nitrogens is 2. The van der Waals surface area contributed by atoms with Gasteiger partial charge in [0.2, 0.25) is 10.0 Å². The smallest absolute Gasteiger partial charge is 0.243 e. The molecule has 0 amide bonds. The summed E-state index contributed by atoms with van der Waals surface area (Å²) in [6.45, 7) is 3.56. The van der Waals surface area contributed by atoms with Crippen LogP contribution < -0.4 is 0 Å². The number of hydrogen-bond donors (Lipinski definition) is 0. The Kier molecular flexibility index (Phi) is 5.19. The summed E-state index contributed by atoms with van der Waals surface area (Å²) in [6, 6.07) is 2.40. The molecule has 0 atom stereocenters. The molecule has 1 aliphatic rings. The van der Waals surface area contributed by atoms with Gasteiger partial charge in [-0.3, -0.25) is 0 Å². The molecule has 1 fully saturated rings. The summed E-state index contributed by atoms with van der Waals surface area (Å²) in [5, 5.41) is 0. The van der Waals surface area contributed by atoms with Gasteiger partial charge >= 0.3 is 0 Å². The lowest BCUT2D eigenvalue weighted by atomic mass is 9.98. The fraction of sp³-hybridized carbons (Fsp3) is 0.471. The number of hydrogen-bond acceptors (Lipinski definition) is 3. The Hall–Kier alpha value is -1.80. The van der Waals surface area contributed by atoms with Crippen molar-refractivity contribution in [1.82, 2.24) is 13.9 Å². The molecule has 0 saturated carbocycles. The van der Waals surface area contributed by atoms with Crippen molar-refractivity contribution in [3.05, 3.63) is 48.1 Å². The second kappa shape index (κ2) is 7.21. The highest BCUT2D eigenvalue weighted by atomic mass is 32.2. The molecule has 0 spiro atoms. The Bertz CT molecular complexity index is 823. The highest BCUT2D eigenvalue weighted by Crippen LogP contribution is 2.26. The maximum Gasteiger partial charge on any atom is 0.243 e. The number of rotatable bonds is 5. The van der Waals surface area contributed by atoms with Crippen LogP contribution in [0, 0.1) is 17.6 Å². The lowest BCUT2D eigenvalue weighted by Crippen LogP contribution is -2.39. The van der Waals surface area contributed by atoms with E-state index >= 15 is 0 Å². The first-order valence-electron chi connectivity index (χ1n) is 8.36. The molecule has 136 valence electrons. The number of imidazole rings is 1. The van der Waals surface area contributed by atoms with Crippen LogP contribution in [0.2, 0.25) is 0 Å². The lowest BCUT2D eigenvalue weighted by Gasteiger charge is -2.31. The van der Waals surface area contributed by atoms with Crippen LogP contribution in [0.4, 0.5) is 8.78 Å². The summed E-state index contributed by atoms with van der Waals surface area (Å²) in [7, 11) is -3.87. The normalized spacial score (nSPS) is 17.1. The van der Waals surface area contributed by atoms with Gasteiger partial charge in [-0.05, 0) is 30.9 Å². The maximum atomic E-state index is 13.3. The zero-order valence-corrected chi connectivity index (χ0v) is 14.8. The quantitative estimate of drug-likeness (QED) is 0.814. The van der Waals surface area contributed by atoms with E-state index in [0.29, 0.717) is 37.9 Å². The van der Waals surface area contributed by atoms with Crippen LogP contribution in [0.3, 0.4) is 0 Å². The van der Waals surface area contributed by atoms with Crippen LogP contribution in [0.25, 0.3) is 0 Å². The summed E-state index contributed by atoms with van der Waals surface area (Å²) in [6.07, 6.45) is 5.98. The topological polar surface area (TPSA) is 55.2 Å². The van der Waals surface area contributed by atoms with Crippen LogP contribution >= 0.6 is 0 Å². The van der Waals surface area contributed by atoms with Crippen molar-refractivity contribution >= 4 is 10.0 Å². The third kappa shape index (κ3) is 3.90. The molecule has 2 heterocycles. The van der Waals surface area contributed by atoms with E-state index < -0.39 is 21.7 Å². The highest BCUT2D eigenvalue weighted by molar-refractivity contribution is 7.89. The molecule has 0 aliphatic carbocycles. The van der Waals surface area contributed by atoms with Crippen molar-refractivity contribution in [3.63, 3.8) is 0 Å². The van der Waals surface area contributed by atoms with E-state index in [1.807, 2.05) is 13.1 Å². The Morgan fingerprint density at radius 1 is 1.16 bits per heavy atom. The van der Waals surface area contributed by atoms with Crippen molar-refractivity contribution in [3.8, 4) is 0 Å². The molecule has 3 rings (SSSR count). The molecular weight excluding hydrogens is 348 g/mol. The molecule has 1 aromatic heterocycles. The minimum Gasteiger partial charge on any atom is -0.335 e.